The average molecular weight is 289 g/mol. The van der Waals surface area contributed by atoms with Gasteiger partial charge in [0, 0.05) is 30.9 Å². The Morgan fingerprint density at radius 1 is 1.38 bits per heavy atom. The first kappa shape index (κ1) is 13.6. The summed E-state index contributed by atoms with van der Waals surface area (Å²) in [6.07, 6.45) is 1.14. The van der Waals surface area contributed by atoms with E-state index in [1.54, 1.807) is 31.4 Å². The zero-order valence-electron chi connectivity index (χ0n) is 11.7. The Balaban J connectivity index is 1.86. The maximum atomic E-state index is 13.1. The molecule has 0 radical (unpaired) electrons. The molecule has 110 valence electrons. The van der Waals surface area contributed by atoms with Crippen LogP contribution in [0.5, 0.6) is 0 Å². The van der Waals surface area contributed by atoms with E-state index in [1.165, 1.54) is 9.47 Å². The summed E-state index contributed by atoms with van der Waals surface area (Å²) in [4.78, 5) is 25.5. The largest absolute Gasteiger partial charge is 0.322 e. The summed E-state index contributed by atoms with van der Waals surface area (Å²) in [6, 6.07) is 6.69. The molecule has 0 aliphatic carbocycles. The number of aryl methyl sites for hydroxylation is 1. The van der Waals surface area contributed by atoms with Gasteiger partial charge in [-0.1, -0.05) is 6.07 Å². The van der Waals surface area contributed by atoms with Crippen molar-refractivity contribution >= 4 is 22.5 Å². The van der Waals surface area contributed by atoms with Crippen LogP contribution < -0.4 is 10.9 Å². The standard InChI is InChI=1S/C15H16FN3O2/c1-18-6-4-10-2-3-12(8-13(10)14(18)20)17-15(21)19-7-5-11(16)9-19/h2-4,6,8,11H,5,7,9H2,1H3,(H,17,21). The third kappa shape index (κ3) is 2.61. The number of fused-ring (bicyclic) bond motifs is 1. The summed E-state index contributed by atoms with van der Waals surface area (Å²) >= 11 is 0. The summed E-state index contributed by atoms with van der Waals surface area (Å²) in [5.74, 6) is 0. The Labute approximate surface area is 121 Å². The number of benzene rings is 1. The van der Waals surface area contributed by atoms with Crippen molar-refractivity contribution in [3.8, 4) is 0 Å². The summed E-state index contributed by atoms with van der Waals surface area (Å²) in [5, 5.41) is 4.08. The molecule has 1 aromatic heterocycles. The summed E-state index contributed by atoms with van der Waals surface area (Å²) < 4.78 is 14.6. The molecule has 21 heavy (non-hydrogen) atoms. The van der Waals surface area contributed by atoms with Gasteiger partial charge in [0.1, 0.15) is 6.17 Å². The normalized spacial score (nSPS) is 18.2. The molecule has 3 rings (SSSR count). The minimum absolute atomic E-state index is 0.117. The van der Waals surface area contributed by atoms with Gasteiger partial charge in [0.2, 0.25) is 0 Å². The van der Waals surface area contributed by atoms with Crippen molar-refractivity contribution in [3.63, 3.8) is 0 Å². The number of aromatic nitrogens is 1. The van der Waals surface area contributed by atoms with Crippen LogP contribution in [0.1, 0.15) is 6.42 Å². The molecule has 1 aliphatic heterocycles. The molecule has 1 aromatic carbocycles. The molecule has 1 N–H and O–H groups in total. The number of halogens is 1. The summed E-state index contributed by atoms with van der Waals surface area (Å²) in [5.41, 5.74) is 0.423. The second-order valence-electron chi connectivity index (χ2n) is 5.30. The number of pyridine rings is 1. The number of carbonyl (C=O) groups is 1. The highest BCUT2D eigenvalue weighted by atomic mass is 19.1. The molecule has 5 nitrogen and oxygen atoms in total. The first-order valence-electron chi connectivity index (χ1n) is 6.84. The lowest BCUT2D eigenvalue weighted by Gasteiger charge is -2.16. The monoisotopic (exact) mass is 289 g/mol. The van der Waals surface area contributed by atoms with Gasteiger partial charge in [0.05, 0.1) is 6.54 Å². The molecule has 2 heterocycles. The van der Waals surface area contributed by atoms with E-state index in [0.29, 0.717) is 24.0 Å². The SMILES string of the molecule is Cn1ccc2ccc(NC(=O)N3CCC(F)C3)cc2c1=O. The Kier molecular flexibility index (Phi) is 3.37. The van der Waals surface area contributed by atoms with Gasteiger partial charge in [-0.3, -0.25) is 4.79 Å². The van der Waals surface area contributed by atoms with E-state index >= 15 is 0 Å². The Morgan fingerprint density at radius 3 is 2.90 bits per heavy atom. The number of likely N-dealkylation sites (tertiary alicyclic amines) is 1. The van der Waals surface area contributed by atoms with Gasteiger partial charge in [-0.2, -0.15) is 0 Å². The van der Waals surface area contributed by atoms with Crippen molar-refractivity contribution in [2.24, 2.45) is 7.05 Å². The quantitative estimate of drug-likeness (QED) is 0.874. The minimum Gasteiger partial charge on any atom is -0.322 e. The minimum atomic E-state index is -0.945. The molecular weight excluding hydrogens is 273 g/mol. The van der Waals surface area contributed by atoms with Crippen molar-refractivity contribution in [2.75, 3.05) is 18.4 Å². The van der Waals surface area contributed by atoms with E-state index in [4.69, 9.17) is 0 Å². The van der Waals surface area contributed by atoms with Gasteiger partial charge in [-0.15, -0.1) is 0 Å². The number of urea groups is 1. The fourth-order valence-corrected chi connectivity index (χ4v) is 2.52. The lowest BCUT2D eigenvalue weighted by Crippen LogP contribution is -2.33. The second-order valence-corrected chi connectivity index (χ2v) is 5.30. The third-order valence-corrected chi connectivity index (χ3v) is 3.75. The van der Waals surface area contributed by atoms with Gasteiger partial charge in [0.15, 0.2) is 0 Å². The molecule has 0 saturated carbocycles. The second kappa shape index (κ2) is 5.20. The summed E-state index contributed by atoms with van der Waals surface area (Å²) in [7, 11) is 1.68. The number of hydrogen-bond acceptors (Lipinski definition) is 2. The van der Waals surface area contributed by atoms with E-state index in [9.17, 15) is 14.0 Å². The Bertz CT molecular complexity index is 756. The molecule has 1 aliphatic rings. The van der Waals surface area contributed by atoms with Crippen LogP contribution >= 0.6 is 0 Å². The maximum Gasteiger partial charge on any atom is 0.321 e. The average Bonchev–Trinajstić information content (AvgIpc) is 2.90. The van der Waals surface area contributed by atoms with Crippen LogP contribution in [0, 0.1) is 0 Å². The highest BCUT2D eigenvalue weighted by Crippen LogP contribution is 2.18. The molecule has 1 atom stereocenters. The summed E-state index contributed by atoms with van der Waals surface area (Å²) in [6.45, 7) is 0.545. The zero-order valence-corrected chi connectivity index (χ0v) is 11.7. The number of carbonyl (C=O) groups excluding carboxylic acids is 1. The Morgan fingerprint density at radius 2 is 2.19 bits per heavy atom. The molecule has 0 spiro atoms. The van der Waals surface area contributed by atoms with Crippen molar-refractivity contribution in [3.05, 3.63) is 40.8 Å². The topological polar surface area (TPSA) is 54.3 Å². The number of nitrogens with zero attached hydrogens (tertiary/aromatic N) is 2. The molecule has 6 heteroatoms. The van der Waals surface area contributed by atoms with Crippen LogP contribution in [0.4, 0.5) is 14.9 Å². The van der Waals surface area contributed by atoms with E-state index in [0.717, 1.165) is 5.39 Å². The van der Waals surface area contributed by atoms with Gasteiger partial charge in [0.25, 0.3) is 5.56 Å². The van der Waals surface area contributed by atoms with E-state index in [-0.39, 0.29) is 18.1 Å². The lowest BCUT2D eigenvalue weighted by molar-refractivity contribution is 0.218. The van der Waals surface area contributed by atoms with Crippen molar-refractivity contribution in [1.82, 2.24) is 9.47 Å². The lowest BCUT2D eigenvalue weighted by atomic mass is 10.1. The van der Waals surface area contributed by atoms with Gasteiger partial charge in [-0.25, -0.2) is 9.18 Å². The number of amides is 2. The first-order valence-corrected chi connectivity index (χ1v) is 6.84. The number of nitrogens with one attached hydrogen (secondary N) is 1. The predicted octanol–water partition coefficient (Wildman–Crippen LogP) is 2.11. The molecule has 0 bridgehead atoms. The van der Waals surface area contributed by atoms with Gasteiger partial charge >= 0.3 is 6.03 Å². The maximum absolute atomic E-state index is 13.1. The predicted molar refractivity (Wildman–Crippen MR) is 79.3 cm³/mol. The fourth-order valence-electron chi connectivity index (χ4n) is 2.52. The smallest absolute Gasteiger partial charge is 0.321 e. The van der Waals surface area contributed by atoms with Crippen LogP contribution in [-0.2, 0) is 7.05 Å². The molecule has 2 aromatic rings. The van der Waals surface area contributed by atoms with Gasteiger partial charge in [-0.05, 0) is 30.0 Å². The first-order chi connectivity index (χ1) is 10.0. The van der Waals surface area contributed by atoms with Crippen molar-refractivity contribution < 1.29 is 9.18 Å². The highest BCUT2D eigenvalue weighted by Gasteiger charge is 2.25. The number of anilines is 1. The van der Waals surface area contributed by atoms with Crippen LogP contribution in [0.3, 0.4) is 0 Å². The van der Waals surface area contributed by atoms with E-state index < -0.39 is 6.17 Å². The van der Waals surface area contributed by atoms with Crippen LogP contribution in [0.2, 0.25) is 0 Å². The zero-order chi connectivity index (χ0) is 15.0. The number of hydrogen-bond donors (Lipinski definition) is 1. The van der Waals surface area contributed by atoms with Crippen molar-refractivity contribution in [1.29, 1.82) is 0 Å². The van der Waals surface area contributed by atoms with E-state index in [2.05, 4.69) is 5.32 Å². The molecule has 1 unspecified atom stereocenters. The molecular formula is C15H16FN3O2. The third-order valence-electron chi connectivity index (χ3n) is 3.75. The van der Waals surface area contributed by atoms with Crippen molar-refractivity contribution in [2.45, 2.75) is 12.6 Å². The fraction of sp³-hybridized carbons (Fsp3) is 0.333. The molecule has 2 amide bonds. The van der Waals surface area contributed by atoms with Crippen LogP contribution in [0.25, 0.3) is 10.8 Å². The molecule has 1 saturated heterocycles. The van der Waals surface area contributed by atoms with Crippen LogP contribution in [0.15, 0.2) is 35.3 Å². The Hall–Kier alpha value is -2.37. The highest BCUT2D eigenvalue weighted by molar-refractivity contribution is 5.93. The number of alkyl halides is 1. The number of rotatable bonds is 1. The van der Waals surface area contributed by atoms with E-state index in [1.807, 2.05) is 6.07 Å². The van der Waals surface area contributed by atoms with Crippen LogP contribution in [-0.4, -0.2) is 34.8 Å². The molecule has 1 fully saturated rings. The van der Waals surface area contributed by atoms with Gasteiger partial charge < -0.3 is 14.8 Å².